The molecule has 4 aromatic carbocycles. The lowest BCUT2D eigenvalue weighted by Gasteiger charge is -2.47. The summed E-state index contributed by atoms with van der Waals surface area (Å²) in [5.74, 6) is -1.57. The predicted octanol–water partition coefficient (Wildman–Crippen LogP) is 9.69. The number of para-hydroxylation sites is 4. The SMILES string of the molecule is CC(O)(CC(=O)O)c1c[nH]c2ccccc12.CCOC(=O)CC(C)(O)c1c[nH]c2ccccc12.COC(=O)C1CCCC2C1CCCN2C(=O)CC(C)(O)c1c[nH]c2ccccc12.c1ccc2[nH]ccc2c1. The number of hydrogen-bond acceptors (Lipinski definition) is 9. The number of likely N-dealkylation sites (tertiary alicyclic amines) is 1. The van der Waals surface area contributed by atoms with Gasteiger partial charge in [0, 0.05) is 92.3 Å². The number of aliphatic carboxylic acids is 1. The number of H-pyrrole nitrogens is 4. The number of nitrogens with zero attached hydrogens (tertiary/aromatic N) is 1. The van der Waals surface area contributed by atoms with E-state index in [1.807, 2.05) is 96.0 Å². The number of benzene rings is 4. The van der Waals surface area contributed by atoms with Gasteiger partial charge in [0.15, 0.2) is 0 Å². The fraction of sp³-hybridized carbons (Fsp3) is 0.368. The molecular formula is C57H67N5O10. The topological polar surface area (TPSA) is 234 Å². The number of methoxy groups -OCH3 is 1. The van der Waals surface area contributed by atoms with Gasteiger partial charge in [0.1, 0.15) is 0 Å². The van der Waals surface area contributed by atoms with Gasteiger partial charge in [-0.1, -0.05) is 79.2 Å². The molecule has 4 aromatic heterocycles. The molecule has 1 saturated carbocycles. The van der Waals surface area contributed by atoms with Crippen LogP contribution < -0.4 is 0 Å². The molecule has 15 nitrogen and oxygen atoms in total. The van der Waals surface area contributed by atoms with E-state index in [9.17, 15) is 34.5 Å². The van der Waals surface area contributed by atoms with Crippen molar-refractivity contribution in [1.82, 2.24) is 24.8 Å². The van der Waals surface area contributed by atoms with Gasteiger partial charge < -0.3 is 54.7 Å². The Bertz CT molecular complexity index is 3070. The van der Waals surface area contributed by atoms with Crippen LogP contribution in [0.15, 0.2) is 128 Å². The summed E-state index contributed by atoms with van der Waals surface area (Å²) in [5.41, 5.74) is 2.21. The molecule has 10 rings (SSSR count). The standard InChI is InChI=1S/C23H30N2O4.C14H17NO3.C12H13NO3.C8H7N/c1-23(28,18-14-24-19-10-4-3-7-17(18)19)13-21(26)25-12-6-9-15-16(22(27)29-2)8-5-11-20(15)25;1-3-18-13(16)8-14(2,17)11-9-15-12-7-5-4-6-10(11)12;1-12(16,6-11(14)15)9-7-13-10-5-3-2-4-8(9)10;1-2-4-8-7(3-1)5-6-9-8/h3-4,7,10,14-16,20,24,28H,5-6,8-9,11-13H2,1-2H3;4-7,9,15,17H,3,8H2,1-2H3;2-5,7,13,16H,6H2,1H3,(H,14,15);1-6,9H. The molecule has 1 amide bonds. The van der Waals surface area contributed by atoms with Gasteiger partial charge in [-0.2, -0.15) is 0 Å². The van der Waals surface area contributed by atoms with Crippen molar-refractivity contribution in [3.05, 3.63) is 145 Å². The maximum atomic E-state index is 13.3. The molecule has 0 bridgehead atoms. The zero-order valence-electron chi connectivity index (χ0n) is 41.6. The molecule has 6 atom stereocenters. The van der Waals surface area contributed by atoms with Gasteiger partial charge in [-0.05, 0) is 95.0 Å². The molecule has 2 fully saturated rings. The molecular weight excluding hydrogens is 915 g/mol. The van der Waals surface area contributed by atoms with E-state index in [0.717, 1.165) is 70.4 Å². The normalized spacial score (nSPS) is 18.9. The first-order chi connectivity index (χ1) is 34.4. The molecule has 1 aliphatic carbocycles. The van der Waals surface area contributed by atoms with E-state index in [-0.39, 0.29) is 49.0 Å². The number of aromatic amines is 4. The number of hydrogen-bond donors (Lipinski definition) is 8. The molecule has 8 N–H and O–H groups in total. The van der Waals surface area contributed by atoms with Crippen molar-refractivity contribution >= 4 is 67.4 Å². The maximum absolute atomic E-state index is 13.3. The molecule has 1 aliphatic heterocycles. The highest BCUT2D eigenvalue weighted by atomic mass is 16.5. The van der Waals surface area contributed by atoms with Gasteiger partial charge in [-0.15, -0.1) is 0 Å². The number of aliphatic hydroxyl groups is 3. The first kappa shape index (κ1) is 52.6. The van der Waals surface area contributed by atoms with Crippen molar-refractivity contribution in [3.63, 3.8) is 0 Å². The minimum absolute atomic E-state index is 0.0287. The lowest BCUT2D eigenvalue weighted by atomic mass is 9.71. The van der Waals surface area contributed by atoms with Crippen molar-refractivity contribution < 1.29 is 49.1 Å². The van der Waals surface area contributed by atoms with Gasteiger partial charge in [-0.3, -0.25) is 19.2 Å². The van der Waals surface area contributed by atoms with Crippen LogP contribution in [0.1, 0.15) is 95.8 Å². The minimum atomic E-state index is -1.36. The summed E-state index contributed by atoms with van der Waals surface area (Å²) in [6, 6.07) is 33.3. The van der Waals surface area contributed by atoms with E-state index in [0.29, 0.717) is 24.3 Å². The highest BCUT2D eigenvalue weighted by Crippen LogP contribution is 2.41. The number of aromatic nitrogens is 4. The zero-order chi connectivity index (χ0) is 51.6. The van der Waals surface area contributed by atoms with Gasteiger partial charge in [0.25, 0.3) is 0 Å². The van der Waals surface area contributed by atoms with Crippen LogP contribution in [-0.2, 0) is 45.5 Å². The predicted molar refractivity (Wildman–Crippen MR) is 278 cm³/mol. The Morgan fingerprint density at radius 3 is 1.60 bits per heavy atom. The van der Waals surface area contributed by atoms with Crippen molar-refractivity contribution in [2.24, 2.45) is 11.8 Å². The number of fused-ring (bicyclic) bond motifs is 5. The fourth-order valence-corrected chi connectivity index (χ4v) is 10.5. The number of amides is 1. The van der Waals surface area contributed by atoms with E-state index in [1.165, 1.54) is 24.9 Å². The summed E-state index contributed by atoms with van der Waals surface area (Å²) in [6.45, 7) is 7.61. The molecule has 380 valence electrons. The first-order valence-corrected chi connectivity index (χ1v) is 24.6. The lowest BCUT2D eigenvalue weighted by Crippen LogP contribution is -2.54. The summed E-state index contributed by atoms with van der Waals surface area (Å²) in [5, 5.41) is 44.5. The fourth-order valence-electron chi connectivity index (χ4n) is 10.5. The molecule has 5 heterocycles. The van der Waals surface area contributed by atoms with E-state index in [1.54, 1.807) is 39.4 Å². The number of carbonyl (C=O) groups excluding carboxylic acids is 3. The number of carboxylic acids is 1. The molecule has 0 spiro atoms. The van der Waals surface area contributed by atoms with Crippen LogP contribution in [0.25, 0.3) is 43.6 Å². The summed E-state index contributed by atoms with van der Waals surface area (Å²) in [6.07, 6.45) is 11.3. The van der Waals surface area contributed by atoms with Crippen molar-refractivity contribution in [3.8, 4) is 0 Å². The Kier molecular flexibility index (Phi) is 16.7. The van der Waals surface area contributed by atoms with Crippen LogP contribution in [0.5, 0.6) is 0 Å². The van der Waals surface area contributed by atoms with Crippen LogP contribution >= 0.6 is 0 Å². The molecule has 8 aromatic rings. The van der Waals surface area contributed by atoms with Crippen molar-refractivity contribution in [2.75, 3.05) is 20.3 Å². The monoisotopic (exact) mass is 981 g/mol. The summed E-state index contributed by atoms with van der Waals surface area (Å²) >= 11 is 0. The zero-order valence-corrected chi connectivity index (χ0v) is 41.6. The second-order valence-corrected chi connectivity index (χ2v) is 19.4. The molecule has 1 saturated heterocycles. The van der Waals surface area contributed by atoms with Gasteiger partial charge in [-0.25, -0.2) is 0 Å². The average molecular weight is 982 g/mol. The highest BCUT2D eigenvalue weighted by molar-refractivity contribution is 5.87. The number of piperidine rings is 1. The van der Waals surface area contributed by atoms with E-state index >= 15 is 0 Å². The summed E-state index contributed by atoms with van der Waals surface area (Å²) in [7, 11) is 1.44. The number of esters is 2. The summed E-state index contributed by atoms with van der Waals surface area (Å²) in [4.78, 5) is 62.0. The van der Waals surface area contributed by atoms with Crippen LogP contribution in [-0.4, -0.2) is 95.4 Å². The lowest BCUT2D eigenvalue weighted by molar-refractivity contribution is -0.156. The second-order valence-electron chi connectivity index (χ2n) is 19.4. The Labute approximate surface area is 418 Å². The minimum Gasteiger partial charge on any atom is -0.481 e. The van der Waals surface area contributed by atoms with Crippen molar-refractivity contribution in [1.29, 1.82) is 0 Å². The smallest absolute Gasteiger partial charge is 0.309 e. The quantitative estimate of drug-likeness (QED) is 0.0572. The third-order valence-electron chi connectivity index (χ3n) is 13.9. The largest absolute Gasteiger partial charge is 0.481 e. The van der Waals surface area contributed by atoms with E-state index in [4.69, 9.17) is 14.6 Å². The highest BCUT2D eigenvalue weighted by Gasteiger charge is 2.45. The molecule has 72 heavy (non-hydrogen) atoms. The molecule has 0 radical (unpaired) electrons. The number of carbonyl (C=O) groups is 4. The van der Waals surface area contributed by atoms with Crippen molar-refractivity contribution in [2.45, 2.75) is 102 Å². The number of ether oxygens (including phenoxy) is 2. The van der Waals surface area contributed by atoms with Crippen LogP contribution in [0.3, 0.4) is 0 Å². The maximum Gasteiger partial charge on any atom is 0.309 e. The third-order valence-corrected chi connectivity index (χ3v) is 13.9. The average Bonchev–Trinajstić information content (AvgIpc) is 4.19. The number of carboxylic acid groups (broad SMARTS) is 1. The number of rotatable bonds is 11. The third kappa shape index (κ3) is 12.3. The van der Waals surface area contributed by atoms with E-state index < -0.39 is 28.7 Å². The van der Waals surface area contributed by atoms with Gasteiger partial charge in [0.2, 0.25) is 5.91 Å². The molecule has 2 aliphatic rings. The Hall–Kier alpha value is -7.20. The van der Waals surface area contributed by atoms with Crippen LogP contribution in [0.4, 0.5) is 0 Å². The van der Waals surface area contributed by atoms with Crippen LogP contribution in [0, 0.1) is 11.8 Å². The Balaban J connectivity index is 0.000000152. The van der Waals surface area contributed by atoms with Crippen LogP contribution in [0.2, 0.25) is 0 Å². The second kappa shape index (κ2) is 22.9. The Morgan fingerprint density at radius 1 is 0.611 bits per heavy atom. The first-order valence-electron chi connectivity index (χ1n) is 24.6. The number of nitrogens with one attached hydrogen (secondary N) is 4. The molecule has 15 heteroatoms. The molecule has 6 unspecified atom stereocenters. The summed E-state index contributed by atoms with van der Waals surface area (Å²) < 4.78 is 9.90. The Morgan fingerprint density at radius 2 is 1.10 bits per heavy atom. The van der Waals surface area contributed by atoms with E-state index in [2.05, 4.69) is 38.1 Å². The van der Waals surface area contributed by atoms with Gasteiger partial charge >= 0.3 is 17.9 Å². The van der Waals surface area contributed by atoms with Gasteiger partial charge in [0.05, 0.1) is 55.7 Å².